The quantitative estimate of drug-likeness (QED) is 0.809. The van der Waals surface area contributed by atoms with Crippen molar-refractivity contribution in [3.05, 3.63) is 34.1 Å². The van der Waals surface area contributed by atoms with E-state index in [0.717, 1.165) is 5.56 Å². The summed E-state index contributed by atoms with van der Waals surface area (Å²) in [6.07, 6.45) is 0.548. The minimum Gasteiger partial charge on any atom is -0.323 e. The fourth-order valence-corrected chi connectivity index (χ4v) is 1.60. The van der Waals surface area contributed by atoms with Crippen molar-refractivity contribution in [3.8, 4) is 11.8 Å². The van der Waals surface area contributed by atoms with Crippen molar-refractivity contribution >= 4 is 15.9 Å². The maximum Gasteiger partial charge on any atom is 0.124 e. The van der Waals surface area contributed by atoms with Crippen LogP contribution in [0.3, 0.4) is 0 Å². The Morgan fingerprint density at radius 3 is 2.79 bits per heavy atom. The van der Waals surface area contributed by atoms with Gasteiger partial charge in [0.2, 0.25) is 0 Å². The van der Waals surface area contributed by atoms with Gasteiger partial charge in [-0.05, 0) is 30.7 Å². The molecule has 0 spiro atoms. The van der Waals surface area contributed by atoms with Crippen molar-refractivity contribution in [3.63, 3.8) is 0 Å². The fourth-order valence-electron chi connectivity index (χ4n) is 1.12. The molecule has 0 aliphatic carbocycles. The Kier molecular flexibility index (Phi) is 4.12. The summed E-state index contributed by atoms with van der Waals surface area (Å²) in [6.45, 7) is 1.76. The summed E-state index contributed by atoms with van der Waals surface area (Å²) in [5, 5.41) is 0. The van der Waals surface area contributed by atoms with Gasteiger partial charge in [-0.15, -0.1) is 11.8 Å². The number of nitrogens with two attached hydrogens (primary N) is 1. The van der Waals surface area contributed by atoms with Gasteiger partial charge < -0.3 is 5.73 Å². The summed E-state index contributed by atoms with van der Waals surface area (Å²) in [4.78, 5) is 0. The highest BCUT2D eigenvalue weighted by Crippen LogP contribution is 2.20. The van der Waals surface area contributed by atoms with E-state index in [4.69, 9.17) is 5.73 Å². The molecule has 0 aliphatic heterocycles. The molecule has 1 aromatic rings. The van der Waals surface area contributed by atoms with E-state index in [1.165, 1.54) is 12.1 Å². The average Bonchev–Trinajstić information content (AvgIpc) is 2.12. The minimum atomic E-state index is -0.283. The molecule has 1 atom stereocenters. The summed E-state index contributed by atoms with van der Waals surface area (Å²) < 4.78 is 13.7. The van der Waals surface area contributed by atoms with Gasteiger partial charge in [0.05, 0.1) is 0 Å². The molecule has 0 saturated carbocycles. The van der Waals surface area contributed by atoms with E-state index in [1.54, 1.807) is 6.92 Å². The molecule has 1 rings (SSSR count). The summed E-state index contributed by atoms with van der Waals surface area (Å²) in [6, 6.07) is 4.42. The van der Waals surface area contributed by atoms with Crippen molar-refractivity contribution in [2.45, 2.75) is 19.4 Å². The van der Waals surface area contributed by atoms with Gasteiger partial charge in [-0.1, -0.05) is 15.9 Å². The van der Waals surface area contributed by atoms with Gasteiger partial charge in [0.15, 0.2) is 0 Å². The molecule has 0 radical (unpaired) electrons. The lowest BCUT2D eigenvalue weighted by Crippen LogP contribution is -2.09. The van der Waals surface area contributed by atoms with Crippen molar-refractivity contribution in [1.29, 1.82) is 0 Å². The van der Waals surface area contributed by atoms with Crippen molar-refractivity contribution in [1.82, 2.24) is 0 Å². The van der Waals surface area contributed by atoms with Gasteiger partial charge in [-0.2, -0.15) is 0 Å². The maximum atomic E-state index is 13.0. The first-order valence-corrected chi connectivity index (χ1v) is 5.04. The molecule has 0 amide bonds. The molecule has 0 fully saturated rings. The molecular weight excluding hydrogens is 245 g/mol. The van der Waals surface area contributed by atoms with Gasteiger partial charge in [-0.3, -0.25) is 0 Å². The molecule has 3 heteroatoms. The van der Waals surface area contributed by atoms with Gasteiger partial charge in [0, 0.05) is 16.9 Å². The summed E-state index contributed by atoms with van der Waals surface area (Å²) >= 11 is 3.22. The third-order valence-corrected chi connectivity index (χ3v) is 2.27. The Morgan fingerprint density at radius 2 is 2.21 bits per heavy atom. The van der Waals surface area contributed by atoms with Crippen LogP contribution < -0.4 is 5.73 Å². The van der Waals surface area contributed by atoms with Crippen LogP contribution in [0.25, 0.3) is 0 Å². The lowest BCUT2D eigenvalue weighted by atomic mass is 10.1. The fraction of sp³-hybridized carbons (Fsp3) is 0.273. The van der Waals surface area contributed by atoms with Gasteiger partial charge >= 0.3 is 0 Å². The SMILES string of the molecule is CC#CCC(N)c1cc(F)cc(Br)c1. The normalized spacial score (nSPS) is 11.7. The molecule has 0 heterocycles. The standard InChI is InChI=1S/C11H11BrFN/c1-2-3-4-11(14)8-5-9(12)7-10(13)6-8/h5-7,11H,4,14H2,1H3. The van der Waals surface area contributed by atoms with E-state index >= 15 is 0 Å². The van der Waals surface area contributed by atoms with Crippen LogP contribution in [0.5, 0.6) is 0 Å². The molecule has 14 heavy (non-hydrogen) atoms. The maximum absolute atomic E-state index is 13.0. The number of halogens is 2. The second kappa shape index (κ2) is 5.14. The highest BCUT2D eigenvalue weighted by Gasteiger charge is 2.06. The van der Waals surface area contributed by atoms with E-state index in [-0.39, 0.29) is 11.9 Å². The van der Waals surface area contributed by atoms with E-state index in [0.29, 0.717) is 10.9 Å². The molecule has 2 N–H and O–H groups in total. The third-order valence-electron chi connectivity index (χ3n) is 1.81. The van der Waals surface area contributed by atoms with Crippen LogP contribution >= 0.6 is 15.9 Å². The Morgan fingerprint density at radius 1 is 1.50 bits per heavy atom. The van der Waals surface area contributed by atoms with E-state index in [2.05, 4.69) is 27.8 Å². The zero-order valence-corrected chi connectivity index (χ0v) is 9.44. The van der Waals surface area contributed by atoms with Crippen LogP contribution in [0, 0.1) is 17.7 Å². The molecule has 1 unspecified atom stereocenters. The zero-order chi connectivity index (χ0) is 10.6. The molecule has 1 aromatic carbocycles. The molecule has 0 aliphatic rings. The molecule has 0 bridgehead atoms. The van der Waals surface area contributed by atoms with Crippen LogP contribution in [0.15, 0.2) is 22.7 Å². The monoisotopic (exact) mass is 255 g/mol. The topological polar surface area (TPSA) is 26.0 Å². The van der Waals surface area contributed by atoms with E-state index in [1.807, 2.05) is 6.07 Å². The number of hydrogen-bond acceptors (Lipinski definition) is 1. The molecular formula is C11H11BrFN. The highest BCUT2D eigenvalue weighted by molar-refractivity contribution is 9.10. The smallest absolute Gasteiger partial charge is 0.124 e. The molecule has 0 aromatic heterocycles. The molecule has 74 valence electrons. The van der Waals surface area contributed by atoms with Crippen molar-refractivity contribution in [2.24, 2.45) is 5.73 Å². The zero-order valence-electron chi connectivity index (χ0n) is 7.85. The second-order valence-electron chi connectivity index (χ2n) is 2.94. The second-order valence-corrected chi connectivity index (χ2v) is 3.86. The highest BCUT2D eigenvalue weighted by atomic mass is 79.9. The van der Waals surface area contributed by atoms with Crippen LogP contribution in [0.1, 0.15) is 24.9 Å². The third kappa shape index (κ3) is 3.13. The Labute approximate surface area is 91.6 Å². The van der Waals surface area contributed by atoms with Gasteiger partial charge in [0.1, 0.15) is 5.82 Å². The largest absolute Gasteiger partial charge is 0.323 e. The van der Waals surface area contributed by atoms with Crippen LogP contribution in [0.2, 0.25) is 0 Å². The summed E-state index contributed by atoms with van der Waals surface area (Å²) in [5.74, 6) is 5.35. The Balaban J connectivity index is 2.87. The molecule has 1 nitrogen and oxygen atoms in total. The van der Waals surface area contributed by atoms with Crippen molar-refractivity contribution in [2.75, 3.05) is 0 Å². The lowest BCUT2D eigenvalue weighted by molar-refractivity contribution is 0.619. The van der Waals surface area contributed by atoms with Gasteiger partial charge in [-0.25, -0.2) is 4.39 Å². The summed E-state index contributed by atoms with van der Waals surface area (Å²) in [7, 11) is 0. The molecule has 0 saturated heterocycles. The number of benzene rings is 1. The van der Waals surface area contributed by atoms with E-state index < -0.39 is 0 Å². The number of hydrogen-bond donors (Lipinski definition) is 1. The van der Waals surface area contributed by atoms with Crippen LogP contribution in [0.4, 0.5) is 4.39 Å². The van der Waals surface area contributed by atoms with E-state index in [9.17, 15) is 4.39 Å². The Bertz CT molecular complexity index is 358. The Hall–Kier alpha value is -0.850. The summed E-state index contributed by atoms with van der Waals surface area (Å²) in [5.41, 5.74) is 6.59. The van der Waals surface area contributed by atoms with Gasteiger partial charge in [0.25, 0.3) is 0 Å². The lowest BCUT2D eigenvalue weighted by Gasteiger charge is -2.08. The first-order chi connectivity index (χ1) is 6.63. The van der Waals surface area contributed by atoms with Crippen LogP contribution in [-0.4, -0.2) is 0 Å². The average molecular weight is 256 g/mol. The van der Waals surface area contributed by atoms with Crippen LogP contribution in [-0.2, 0) is 0 Å². The number of rotatable bonds is 2. The first-order valence-electron chi connectivity index (χ1n) is 4.24. The van der Waals surface area contributed by atoms with Crippen molar-refractivity contribution < 1.29 is 4.39 Å². The first kappa shape index (κ1) is 11.2. The predicted molar refractivity (Wildman–Crippen MR) is 59.1 cm³/mol. The predicted octanol–water partition coefficient (Wildman–Crippen LogP) is 3.00. The minimum absolute atomic E-state index is 0.227.